The van der Waals surface area contributed by atoms with Crippen molar-refractivity contribution < 1.29 is 14.3 Å². The lowest BCUT2D eigenvalue weighted by atomic mass is 10.2. The summed E-state index contributed by atoms with van der Waals surface area (Å²) in [5.74, 6) is 0.0425. The molecule has 0 saturated carbocycles. The molecular formula is C24H21Cl3N2O3S. The summed E-state index contributed by atoms with van der Waals surface area (Å²) in [6, 6.07) is 17.1. The maximum absolute atomic E-state index is 12.8. The van der Waals surface area contributed by atoms with E-state index in [-0.39, 0.29) is 22.1 Å². The Morgan fingerprint density at radius 3 is 2.36 bits per heavy atom. The van der Waals surface area contributed by atoms with Crippen LogP contribution in [0.2, 0.25) is 15.1 Å². The third-order valence-corrected chi connectivity index (χ3v) is 6.83. The molecule has 33 heavy (non-hydrogen) atoms. The fourth-order valence-electron chi connectivity index (χ4n) is 2.97. The Balaban J connectivity index is 1.68. The maximum atomic E-state index is 12.8. The second-order valence-electron chi connectivity index (χ2n) is 6.96. The molecule has 0 bridgehead atoms. The predicted octanol–water partition coefficient (Wildman–Crippen LogP) is 7.42. The molecule has 9 heteroatoms. The number of nitrogens with one attached hydrogen (secondary N) is 2. The summed E-state index contributed by atoms with van der Waals surface area (Å²) in [6.07, 6.45) is 0.608. The Labute approximate surface area is 211 Å². The van der Waals surface area contributed by atoms with Crippen LogP contribution in [0.3, 0.4) is 0 Å². The van der Waals surface area contributed by atoms with Gasteiger partial charge in [-0.2, -0.15) is 0 Å². The molecule has 3 rings (SSSR count). The molecule has 0 aliphatic rings. The monoisotopic (exact) mass is 522 g/mol. The number of methoxy groups -OCH3 is 1. The lowest BCUT2D eigenvalue weighted by molar-refractivity contribution is -0.115. The van der Waals surface area contributed by atoms with Crippen LogP contribution >= 0.6 is 46.6 Å². The summed E-state index contributed by atoms with van der Waals surface area (Å²) in [6.45, 7) is 1.94. The molecule has 1 unspecified atom stereocenters. The first-order valence-corrected chi connectivity index (χ1v) is 12.0. The molecule has 0 aliphatic carbocycles. The summed E-state index contributed by atoms with van der Waals surface area (Å²) < 4.78 is 5.14. The Morgan fingerprint density at radius 2 is 1.70 bits per heavy atom. The third-order valence-electron chi connectivity index (χ3n) is 4.63. The van der Waals surface area contributed by atoms with Gasteiger partial charge in [0.05, 0.1) is 28.0 Å². The van der Waals surface area contributed by atoms with E-state index in [1.165, 1.54) is 24.9 Å². The molecule has 5 nitrogen and oxygen atoms in total. The van der Waals surface area contributed by atoms with E-state index >= 15 is 0 Å². The minimum Gasteiger partial charge on any atom is -0.495 e. The van der Waals surface area contributed by atoms with Crippen molar-refractivity contribution in [2.24, 2.45) is 0 Å². The summed E-state index contributed by atoms with van der Waals surface area (Å²) in [5, 5.41) is 6.52. The van der Waals surface area contributed by atoms with Crippen molar-refractivity contribution in [2.45, 2.75) is 23.5 Å². The van der Waals surface area contributed by atoms with E-state index in [1.807, 2.05) is 25.1 Å². The molecule has 0 saturated heterocycles. The second-order valence-corrected chi connectivity index (χ2v) is 9.49. The fourth-order valence-corrected chi connectivity index (χ4v) is 4.74. The smallest absolute Gasteiger partial charge is 0.257 e. The van der Waals surface area contributed by atoms with Crippen LogP contribution in [0, 0.1) is 0 Å². The molecule has 3 aromatic rings. The average Bonchev–Trinajstić information content (AvgIpc) is 2.77. The van der Waals surface area contributed by atoms with Crippen molar-refractivity contribution in [1.82, 2.24) is 0 Å². The number of carbonyl (C=O) groups is 2. The van der Waals surface area contributed by atoms with Gasteiger partial charge in [0.2, 0.25) is 5.91 Å². The van der Waals surface area contributed by atoms with E-state index < -0.39 is 0 Å². The number of hydrogen-bond acceptors (Lipinski definition) is 4. The maximum Gasteiger partial charge on any atom is 0.257 e. The quantitative estimate of drug-likeness (QED) is 0.302. The molecule has 0 spiro atoms. The largest absolute Gasteiger partial charge is 0.495 e. The van der Waals surface area contributed by atoms with Crippen molar-refractivity contribution in [3.8, 4) is 5.75 Å². The predicted molar refractivity (Wildman–Crippen MR) is 137 cm³/mol. The first-order chi connectivity index (χ1) is 15.8. The molecule has 0 fully saturated rings. The summed E-state index contributed by atoms with van der Waals surface area (Å²) in [5.41, 5.74) is 1.50. The minimum absolute atomic E-state index is 0.147. The van der Waals surface area contributed by atoms with Crippen molar-refractivity contribution in [3.63, 3.8) is 0 Å². The highest BCUT2D eigenvalue weighted by Crippen LogP contribution is 2.31. The standard InChI is InChI=1S/C24H21Cl3N2O3S/c1-3-22(24(31)29-16-8-10-21(32-2)20(27)13-16)33-17-6-4-5-15(12-17)28-23(30)18-9-7-14(25)11-19(18)26/h4-13,22H,3H2,1-2H3,(H,28,30)(H,29,31). The van der Waals surface area contributed by atoms with Crippen LogP contribution < -0.4 is 15.4 Å². The molecule has 0 aliphatic heterocycles. The van der Waals surface area contributed by atoms with Crippen LogP contribution in [0.25, 0.3) is 0 Å². The minimum atomic E-state index is -0.347. The van der Waals surface area contributed by atoms with E-state index in [1.54, 1.807) is 36.4 Å². The number of thioether (sulfide) groups is 1. The van der Waals surface area contributed by atoms with Crippen LogP contribution in [0.4, 0.5) is 11.4 Å². The zero-order valence-electron chi connectivity index (χ0n) is 17.8. The van der Waals surface area contributed by atoms with Gasteiger partial charge in [-0.25, -0.2) is 0 Å². The fraction of sp³-hybridized carbons (Fsp3) is 0.167. The van der Waals surface area contributed by atoms with Gasteiger partial charge in [-0.3, -0.25) is 9.59 Å². The summed E-state index contributed by atoms with van der Waals surface area (Å²) in [4.78, 5) is 26.3. The van der Waals surface area contributed by atoms with E-state index in [2.05, 4.69) is 10.6 Å². The zero-order valence-corrected chi connectivity index (χ0v) is 20.9. The van der Waals surface area contributed by atoms with E-state index in [0.29, 0.717) is 39.2 Å². The number of ether oxygens (including phenoxy) is 1. The van der Waals surface area contributed by atoms with Gasteiger partial charge in [0.15, 0.2) is 0 Å². The number of rotatable bonds is 8. The van der Waals surface area contributed by atoms with Crippen molar-refractivity contribution in [3.05, 3.63) is 81.3 Å². The first-order valence-electron chi connectivity index (χ1n) is 9.98. The number of halogens is 3. The summed E-state index contributed by atoms with van der Waals surface area (Å²) >= 11 is 19.6. The number of hydrogen-bond donors (Lipinski definition) is 2. The van der Waals surface area contributed by atoms with Gasteiger partial charge in [0.1, 0.15) is 5.75 Å². The SMILES string of the molecule is CCC(Sc1cccc(NC(=O)c2ccc(Cl)cc2Cl)c1)C(=O)Nc1ccc(OC)c(Cl)c1. The Bertz CT molecular complexity index is 1170. The van der Waals surface area contributed by atoms with Crippen LogP contribution in [0.15, 0.2) is 65.6 Å². The van der Waals surface area contributed by atoms with E-state index in [4.69, 9.17) is 39.5 Å². The number of carbonyl (C=O) groups excluding carboxylic acids is 2. The van der Waals surface area contributed by atoms with Gasteiger partial charge < -0.3 is 15.4 Å². The van der Waals surface area contributed by atoms with Gasteiger partial charge in [-0.15, -0.1) is 11.8 Å². The Morgan fingerprint density at radius 1 is 0.939 bits per heavy atom. The lowest BCUT2D eigenvalue weighted by Crippen LogP contribution is -2.24. The van der Waals surface area contributed by atoms with Gasteiger partial charge in [0, 0.05) is 21.3 Å². The summed E-state index contributed by atoms with van der Waals surface area (Å²) in [7, 11) is 1.53. The number of anilines is 2. The van der Waals surface area contributed by atoms with Gasteiger partial charge in [0.25, 0.3) is 5.91 Å². The molecule has 0 radical (unpaired) electrons. The Hall–Kier alpha value is -2.38. The molecular weight excluding hydrogens is 503 g/mol. The average molecular weight is 524 g/mol. The third kappa shape index (κ3) is 6.81. The first kappa shape index (κ1) is 25.2. The van der Waals surface area contributed by atoms with Gasteiger partial charge in [-0.05, 0) is 61.0 Å². The van der Waals surface area contributed by atoms with Crippen LogP contribution in [-0.2, 0) is 4.79 Å². The zero-order chi connectivity index (χ0) is 24.0. The van der Waals surface area contributed by atoms with Crippen molar-refractivity contribution in [1.29, 1.82) is 0 Å². The van der Waals surface area contributed by atoms with Crippen LogP contribution in [-0.4, -0.2) is 24.2 Å². The van der Waals surface area contributed by atoms with Crippen molar-refractivity contribution in [2.75, 3.05) is 17.7 Å². The second kappa shape index (κ2) is 11.7. The molecule has 2 amide bonds. The highest BCUT2D eigenvalue weighted by atomic mass is 35.5. The van der Waals surface area contributed by atoms with Crippen LogP contribution in [0.5, 0.6) is 5.75 Å². The number of benzene rings is 3. The highest BCUT2D eigenvalue weighted by Gasteiger charge is 2.19. The van der Waals surface area contributed by atoms with Gasteiger partial charge in [-0.1, -0.05) is 47.8 Å². The molecule has 0 heterocycles. The normalized spacial score (nSPS) is 11.5. The molecule has 3 aromatic carbocycles. The highest BCUT2D eigenvalue weighted by molar-refractivity contribution is 8.00. The molecule has 0 aromatic heterocycles. The topological polar surface area (TPSA) is 67.4 Å². The molecule has 172 valence electrons. The van der Waals surface area contributed by atoms with Crippen LogP contribution in [0.1, 0.15) is 23.7 Å². The molecule has 2 N–H and O–H groups in total. The lowest BCUT2D eigenvalue weighted by Gasteiger charge is -2.16. The van der Waals surface area contributed by atoms with E-state index in [0.717, 1.165) is 4.90 Å². The Kier molecular flexibility index (Phi) is 8.92. The van der Waals surface area contributed by atoms with Crippen molar-refractivity contribution >= 4 is 69.8 Å². The number of amides is 2. The molecule has 1 atom stereocenters. The van der Waals surface area contributed by atoms with Gasteiger partial charge >= 0.3 is 0 Å². The van der Waals surface area contributed by atoms with E-state index in [9.17, 15) is 9.59 Å².